The van der Waals surface area contributed by atoms with Crippen molar-refractivity contribution in [3.63, 3.8) is 0 Å². The molecule has 0 aliphatic rings. The molecule has 0 aliphatic heterocycles. The maximum absolute atomic E-state index is 10.5. The molecule has 0 aliphatic carbocycles. The maximum atomic E-state index is 10.5. The largest absolute Gasteiger partial charge is 0.481 e. The summed E-state index contributed by atoms with van der Waals surface area (Å²) in [6, 6.07) is 0. The van der Waals surface area contributed by atoms with Crippen LogP contribution in [-0.4, -0.2) is 23.5 Å². The van der Waals surface area contributed by atoms with Gasteiger partial charge in [0.25, 0.3) is 0 Å². The zero-order chi connectivity index (χ0) is 10.8. The summed E-state index contributed by atoms with van der Waals surface area (Å²) >= 11 is 0. The molecule has 82 valence electrons. The van der Waals surface area contributed by atoms with E-state index in [9.17, 15) is 9.59 Å². The number of hydrogen-bond donors (Lipinski definition) is 2. The summed E-state index contributed by atoms with van der Waals surface area (Å²) < 4.78 is 0. The fourth-order valence-electron chi connectivity index (χ4n) is 1.20. The van der Waals surface area contributed by atoms with Crippen molar-refractivity contribution in [2.24, 2.45) is 0 Å². The average molecular weight is 201 g/mol. The predicted molar refractivity (Wildman–Crippen MR) is 54.0 cm³/mol. The van der Waals surface area contributed by atoms with Crippen LogP contribution in [0.3, 0.4) is 0 Å². The summed E-state index contributed by atoms with van der Waals surface area (Å²) in [6.07, 6.45) is 5.08. The number of amides is 1. The molecule has 0 heterocycles. The molecule has 4 nitrogen and oxygen atoms in total. The molecule has 0 fully saturated rings. The van der Waals surface area contributed by atoms with Crippen molar-refractivity contribution < 1.29 is 14.7 Å². The molecule has 0 spiro atoms. The van der Waals surface area contributed by atoms with Crippen LogP contribution in [0.1, 0.15) is 45.4 Å². The molecule has 0 saturated heterocycles. The monoisotopic (exact) mass is 201 g/mol. The first-order valence-corrected chi connectivity index (χ1v) is 5.09. The van der Waals surface area contributed by atoms with Crippen LogP contribution < -0.4 is 5.32 Å². The minimum atomic E-state index is -0.719. The fourth-order valence-corrected chi connectivity index (χ4v) is 1.20. The summed E-state index contributed by atoms with van der Waals surface area (Å²) in [4.78, 5) is 20.6. The maximum Gasteiger partial charge on any atom is 0.303 e. The molecule has 0 saturated carbocycles. The summed E-state index contributed by atoms with van der Waals surface area (Å²) in [7, 11) is 0. The molecule has 1 amide bonds. The smallest absolute Gasteiger partial charge is 0.303 e. The molecule has 0 radical (unpaired) electrons. The van der Waals surface area contributed by atoms with Crippen LogP contribution in [0, 0.1) is 0 Å². The molecule has 0 atom stereocenters. The first-order chi connectivity index (χ1) is 6.63. The Morgan fingerprint density at radius 2 is 1.64 bits per heavy atom. The van der Waals surface area contributed by atoms with Crippen LogP contribution in [0.15, 0.2) is 0 Å². The summed E-state index contributed by atoms with van der Waals surface area (Å²) in [6.45, 7) is 2.24. The number of carboxylic acid groups (broad SMARTS) is 1. The molecule has 0 bridgehead atoms. The van der Waals surface area contributed by atoms with Gasteiger partial charge in [0.1, 0.15) is 0 Å². The van der Waals surface area contributed by atoms with Gasteiger partial charge in [-0.15, -0.1) is 0 Å². The van der Waals surface area contributed by atoms with E-state index in [2.05, 4.69) is 5.32 Å². The number of carbonyl (C=O) groups excluding carboxylic acids is 1. The quantitative estimate of drug-likeness (QED) is 0.585. The summed E-state index contributed by atoms with van der Waals surface area (Å²) in [5.74, 6) is -0.709. The second kappa shape index (κ2) is 8.53. The standard InChI is InChI=1S/C10H19NO3/c1-9(12)11-8-6-4-2-3-5-7-10(13)14/h2-8H2,1H3,(H,11,12)(H,13,14). The van der Waals surface area contributed by atoms with Gasteiger partial charge in [-0.1, -0.05) is 19.3 Å². The predicted octanol–water partition coefficient (Wildman–Crippen LogP) is 1.55. The number of carboxylic acids is 1. The lowest BCUT2D eigenvalue weighted by atomic mass is 10.1. The second-order valence-corrected chi connectivity index (χ2v) is 3.39. The number of aliphatic carboxylic acids is 1. The molecule has 0 rings (SSSR count). The molecule has 0 aromatic heterocycles. The van der Waals surface area contributed by atoms with Gasteiger partial charge < -0.3 is 10.4 Å². The van der Waals surface area contributed by atoms with Crippen LogP contribution in [-0.2, 0) is 9.59 Å². The minimum absolute atomic E-state index is 0.0101. The zero-order valence-corrected chi connectivity index (χ0v) is 8.71. The van der Waals surface area contributed by atoms with Gasteiger partial charge in [-0.2, -0.15) is 0 Å². The van der Waals surface area contributed by atoms with E-state index in [1.807, 2.05) is 0 Å². The fraction of sp³-hybridized carbons (Fsp3) is 0.800. The van der Waals surface area contributed by atoms with Crippen molar-refractivity contribution in [3.8, 4) is 0 Å². The van der Waals surface area contributed by atoms with E-state index in [4.69, 9.17) is 5.11 Å². The van der Waals surface area contributed by atoms with Gasteiger partial charge in [0.05, 0.1) is 0 Å². The van der Waals surface area contributed by atoms with Gasteiger partial charge in [0.15, 0.2) is 0 Å². The number of rotatable bonds is 8. The van der Waals surface area contributed by atoms with Gasteiger partial charge in [0, 0.05) is 19.9 Å². The van der Waals surface area contributed by atoms with E-state index in [0.717, 1.165) is 38.6 Å². The van der Waals surface area contributed by atoms with Crippen molar-refractivity contribution in [2.45, 2.75) is 45.4 Å². The summed E-state index contributed by atoms with van der Waals surface area (Å²) in [5.41, 5.74) is 0. The Morgan fingerprint density at radius 3 is 2.21 bits per heavy atom. The molecular weight excluding hydrogens is 182 g/mol. The second-order valence-electron chi connectivity index (χ2n) is 3.39. The lowest BCUT2D eigenvalue weighted by Gasteiger charge is -2.01. The van der Waals surface area contributed by atoms with E-state index >= 15 is 0 Å². The zero-order valence-electron chi connectivity index (χ0n) is 8.71. The Labute approximate surface area is 84.7 Å². The van der Waals surface area contributed by atoms with Gasteiger partial charge in [-0.25, -0.2) is 0 Å². The van der Waals surface area contributed by atoms with Crippen molar-refractivity contribution >= 4 is 11.9 Å². The van der Waals surface area contributed by atoms with Crippen LogP contribution in [0.25, 0.3) is 0 Å². The molecule has 2 N–H and O–H groups in total. The van der Waals surface area contributed by atoms with Gasteiger partial charge in [-0.05, 0) is 12.8 Å². The highest BCUT2D eigenvalue weighted by Crippen LogP contribution is 2.04. The van der Waals surface area contributed by atoms with Crippen molar-refractivity contribution in [1.29, 1.82) is 0 Å². The van der Waals surface area contributed by atoms with E-state index in [0.29, 0.717) is 0 Å². The van der Waals surface area contributed by atoms with Gasteiger partial charge in [0.2, 0.25) is 5.91 Å². The molecule has 0 aromatic carbocycles. The SMILES string of the molecule is CC(=O)NCCCCCCCC(=O)O. The van der Waals surface area contributed by atoms with Crippen LogP contribution >= 0.6 is 0 Å². The minimum Gasteiger partial charge on any atom is -0.481 e. The van der Waals surface area contributed by atoms with Crippen LogP contribution in [0.5, 0.6) is 0 Å². The molecule has 0 unspecified atom stereocenters. The first-order valence-electron chi connectivity index (χ1n) is 5.09. The van der Waals surface area contributed by atoms with E-state index < -0.39 is 5.97 Å². The summed E-state index contributed by atoms with van der Waals surface area (Å²) in [5, 5.41) is 11.1. The molecule has 14 heavy (non-hydrogen) atoms. The topological polar surface area (TPSA) is 66.4 Å². The Bertz CT molecular complexity index is 160. The van der Waals surface area contributed by atoms with Crippen LogP contribution in [0.2, 0.25) is 0 Å². The van der Waals surface area contributed by atoms with E-state index in [1.165, 1.54) is 6.92 Å². The number of hydrogen-bond acceptors (Lipinski definition) is 2. The van der Waals surface area contributed by atoms with Crippen molar-refractivity contribution in [1.82, 2.24) is 5.32 Å². The Kier molecular flexibility index (Phi) is 7.89. The third kappa shape index (κ3) is 10.9. The number of carbonyl (C=O) groups is 2. The van der Waals surface area contributed by atoms with E-state index in [-0.39, 0.29) is 12.3 Å². The average Bonchev–Trinajstić information content (AvgIpc) is 2.08. The highest BCUT2D eigenvalue weighted by Gasteiger charge is 1.96. The van der Waals surface area contributed by atoms with E-state index in [1.54, 1.807) is 0 Å². The highest BCUT2D eigenvalue weighted by atomic mass is 16.4. The Morgan fingerprint density at radius 1 is 1.07 bits per heavy atom. The third-order valence-corrected chi connectivity index (χ3v) is 1.94. The lowest BCUT2D eigenvalue weighted by molar-refractivity contribution is -0.137. The van der Waals surface area contributed by atoms with Gasteiger partial charge >= 0.3 is 5.97 Å². The molecule has 0 aromatic rings. The van der Waals surface area contributed by atoms with Crippen LogP contribution in [0.4, 0.5) is 0 Å². The number of unbranched alkanes of at least 4 members (excludes halogenated alkanes) is 4. The lowest BCUT2D eigenvalue weighted by Crippen LogP contribution is -2.20. The normalized spacial score (nSPS) is 9.79. The Hall–Kier alpha value is -1.06. The molecular formula is C10H19NO3. The molecule has 4 heteroatoms. The first kappa shape index (κ1) is 12.9. The third-order valence-electron chi connectivity index (χ3n) is 1.94. The number of nitrogens with one attached hydrogen (secondary N) is 1. The van der Waals surface area contributed by atoms with Crippen molar-refractivity contribution in [2.75, 3.05) is 6.54 Å². The van der Waals surface area contributed by atoms with Gasteiger partial charge in [-0.3, -0.25) is 9.59 Å². The van der Waals surface area contributed by atoms with Crippen molar-refractivity contribution in [3.05, 3.63) is 0 Å². The Balaban J connectivity index is 2.99. The highest BCUT2D eigenvalue weighted by molar-refractivity contribution is 5.72.